The number of nitrogens with two attached hydrogens (primary N) is 1. The molecule has 0 unspecified atom stereocenters. The molecule has 0 saturated heterocycles. The second-order valence-corrected chi connectivity index (χ2v) is 6.40. The molecule has 1 aromatic heterocycles. The van der Waals surface area contributed by atoms with Gasteiger partial charge in [0, 0.05) is 9.75 Å². The second kappa shape index (κ2) is 5.21. The number of nitrogens with one attached hydrogen (secondary N) is 1. The third-order valence-corrected chi connectivity index (χ3v) is 5.03. The van der Waals surface area contributed by atoms with Gasteiger partial charge in [0.25, 0.3) is 0 Å². The zero-order valence-electron chi connectivity index (χ0n) is 11.2. The number of hydrogen-bond donors (Lipinski definition) is 3. The van der Waals surface area contributed by atoms with Crippen molar-refractivity contribution in [3.05, 3.63) is 21.4 Å². The SMILES string of the molecule is Cc1cc(CNC(=O)C2(/C(N)=N/O)CCC2)sc1C. The van der Waals surface area contributed by atoms with Crippen LogP contribution in [0, 0.1) is 19.3 Å². The Morgan fingerprint density at radius 3 is 2.68 bits per heavy atom. The van der Waals surface area contributed by atoms with E-state index in [0.29, 0.717) is 19.4 Å². The fraction of sp³-hybridized carbons (Fsp3) is 0.538. The summed E-state index contributed by atoms with van der Waals surface area (Å²) in [7, 11) is 0. The number of carbonyl (C=O) groups excluding carboxylic acids is 1. The highest BCUT2D eigenvalue weighted by molar-refractivity contribution is 7.12. The van der Waals surface area contributed by atoms with Crippen LogP contribution in [0.25, 0.3) is 0 Å². The minimum Gasteiger partial charge on any atom is -0.409 e. The van der Waals surface area contributed by atoms with Crippen LogP contribution in [0.3, 0.4) is 0 Å². The van der Waals surface area contributed by atoms with Crippen molar-refractivity contribution in [3.8, 4) is 0 Å². The largest absolute Gasteiger partial charge is 0.409 e. The zero-order valence-corrected chi connectivity index (χ0v) is 12.0. The summed E-state index contributed by atoms with van der Waals surface area (Å²) in [6, 6.07) is 2.08. The van der Waals surface area contributed by atoms with Crippen molar-refractivity contribution in [3.63, 3.8) is 0 Å². The number of amidine groups is 1. The fourth-order valence-electron chi connectivity index (χ4n) is 2.30. The van der Waals surface area contributed by atoms with Gasteiger partial charge in [-0.25, -0.2) is 0 Å². The van der Waals surface area contributed by atoms with Crippen molar-refractivity contribution in [2.24, 2.45) is 16.3 Å². The highest BCUT2D eigenvalue weighted by Crippen LogP contribution is 2.41. The summed E-state index contributed by atoms with van der Waals surface area (Å²) in [5.41, 5.74) is 6.10. The molecule has 104 valence electrons. The maximum Gasteiger partial charge on any atom is 0.234 e. The van der Waals surface area contributed by atoms with Crippen LogP contribution in [0.15, 0.2) is 11.2 Å². The Hall–Kier alpha value is -1.56. The summed E-state index contributed by atoms with van der Waals surface area (Å²) in [6.07, 6.45) is 2.23. The molecule has 1 amide bonds. The number of aryl methyl sites for hydroxylation is 2. The first kappa shape index (κ1) is 13.9. The summed E-state index contributed by atoms with van der Waals surface area (Å²) in [6.45, 7) is 4.62. The molecule has 0 bridgehead atoms. The molecular weight excluding hydrogens is 262 g/mol. The van der Waals surface area contributed by atoms with Crippen LogP contribution in [0.5, 0.6) is 0 Å². The Morgan fingerprint density at radius 2 is 2.26 bits per heavy atom. The van der Waals surface area contributed by atoms with Gasteiger partial charge in [0.15, 0.2) is 5.84 Å². The van der Waals surface area contributed by atoms with E-state index >= 15 is 0 Å². The Labute approximate surface area is 116 Å². The minimum atomic E-state index is -0.796. The fourth-order valence-corrected chi connectivity index (χ4v) is 3.29. The van der Waals surface area contributed by atoms with E-state index in [0.717, 1.165) is 11.3 Å². The van der Waals surface area contributed by atoms with Crippen molar-refractivity contribution in [2.75, 3.05) is 0 Å². The molecule has 0 atom stereocenters. The predicted octanol–water partition coefficient (Wildman–Crippen LogP) is 1.90. The van der Waals surface area contributed by atoms with Crippen LogP contribution < -0.4 is 11.1 Å². The lowest BCUT2D eigenvalue weighted by atomic mass is 9.67. The summed E-state index contributed by atoms with van der Waals surface area (Å²) in [4.78, 5) is 14.6. The first-order valence-electron chi connectivity index (χ1n) is 6.32. The van der Waals surface area contributed by atoms with E-state index in [1.165, 1.54) is 10.4 Å². The van der Waals surface area contributed by atoms with E-state index in [2.05, 4.69) is 30.4 Å². The van der Waals surface area contributed by atoms with Gasteiger partial charge in [-0.1, -0.05) is 11.6 Å². The highest BCUT2D eigenvalue weighted by atomic mass is 32.1. The van der Waals surface area contributed by atoms with Gasteiger partial charge in [0.1, 0.15) is 5.41 Å². The maximum atomic E-state index is 12.2. The number of nitrogens with zero attached hydrogens (tertiary/aromatic N) is 1. The molecule has 2 rings (SSSR count). The summed E-state index contributed by atoms with van der Waals surface area (Å²) >= 11 is 1.68. The van der Waals surface area contributed by atoms with Crippen molar-refractivity contribution < 1.29 is 10.0 Å². The highest BCUT2D eigenvalue weighted by Gasteiger charge is 2.48. The first-order chi connectivity index (χ1) is 8.99. The standard InChI is InChI=1S/C13H19N3O2S/c1-8-6-10(19-9(8)2)7-15-12(17)13(4-3-5-13)11(14)16-18/h6,18H,3-5,7H2,1-2H3,(H2,14,16)(H,15,17). The Kier molecular flexibility index (Phi) is 3.80. The third-order valence-electron chi connectivity index (χ3n) is 3.88. The monoisotopic (exact) mass is 281 g/mol. The molecule has 0 aromatic carbocycles. The van der Waals surface area contributed by atoms with Crippen LogP contribution in [-0.2, 0) is 11.3 Å². The summed E-state index contributed by atoms with van der Waals surface area (Å²) in [5.74, 6) is -0.118. The third kappa shape index (κ3) is 2.45. The Morgan fingerprint density at radius 1 is 1.58 bits per heavy atom. The maximum absolute atomic E-state index is 12.2. The van der Waals surface area contributed by atoms with E-state index < -0.39 is 5.41 Å². The van der Waals surface area contributed by atoms with Gasteiger partial charge >= 0.3 is 0 Å². The van der Waals surface area contributed by atoms with E-state index in [9.17, 15) is 4.79 Å². The number of rotatable bonds is 4. The summed E-state index contributed by atoms with van der Waals surface area (Å²) in [5, 5.41) is 14.7. The van der Waals surface area contributed by atoms with Gasteiger partial charge in [0.2, 0.25) is 5.91 Å². The number of hydrogen-bond acceptors (Lipinski definition) is 4. The molecule has 6 heteroatoms. The normalized spacial score (nSPS) is 17.9. The first-order valence-corrected chi connectivity index (χ1v) is 7.13. The number of thiophene rings is 1. The Balaban J connectivity index is 2.01. The van der Waals surface area contributed by atoms with E-state index in [4.69, 9.17) is 10.9 Å². The topological polar surface area (TPSA) is 87.7 Å². The molecule has 1 aliphatic carbocycles. The lowest BCUT2D eigenvalue weighted by Gasteiger charge is -2.38. The molecule has 4 N–H and O–H groups in total. The quantitative estimate of drug-likeness (QED) is 0.341. The van der Waals surface area contributed by atoms with Crippen molar-refractivity contribution in [2.45, 2.75) is 39.7 Å². The van der Waals surface area contributed by atoms with Gasteiger partial charge in [-0.05, 0) is 38.3 Å². The van der Waals surface area contributed by atoms with Gasteiger partial charge in [-0.2, -0.15) is 0 Å². The van der Waals surface area contributed by atoms with Crippen molar-refractivity contribution >= 4 is 23.1 Å². The molecule has 1 saturated carbocycles. The van der Waals surface area contributed by atoms with Crippen molar-refractivity contribution in [1.29, 1.82) is 0 Å². The van der Waals surface area contributed by atoms with Gasteiger partial charge in [-0.15, -0.1) is 11.3 Å². The lowest BCUT2D eigenvalue weighted by Crippen LogP contribution is -2.53. The smallest absolute Gasteiger partial charge is 0.234 e. The van der Waals surface area contributed by atoms with Crippen LogP contribution >= 0.6 is 11.3 Å². The molecule has 1 aliphatic rings. The molecule has 5 nitrogen and oxygen atoms in total. The second-order valence-electron chi connectivity index (χ2n) is 5.06. The van der Waals surface area contributed by atoms with Crippen LogP contribution in [0.1, 0.15) is 34.6 Å². The molecule has 0 aliphatic heterocycles. The number of amides is 1. The van der Waals surface area contributed by atoms with Gasteiger partial charge < -0.3 is 16.3 Å². The number of oxime groups is 1. The molecule has 1 aromatic rings. The van der Waals surface area contributed by atoms with Gasteiger partial charge in [-0.3, -0.25) is 4.79 Å². The number of carbonyl (C=O) groups is 1. The zero-order chi connectivity index (χ0) is 14.0. The average molecular weight is 281 g/mol. The van der Waals surface area contributed by atoms with Crippen molar-refractivity contribution in [1.82, 2.24) is 5.32 Å². The molecule has 0 spiro atoms. The molecule has 19 heavy (non-hydrogen) atoms. The van der Waals surface area contributed by atoms with Crippen LogP contribution in [0.4, 0.5) is 0 Å². The lowest BCUT2D eigenvalue weighted by molar-refractivity contribution is -0.131. The predicted molar refractivity (Wildman–Crippen MR) is 75.3 cm³/mol. The van der Waals surface area contributed by atoms with Gasteiger partial charge in [0.05, 0.1) is 6.54 Å². The Bertz CT molecular complexity index is 498. The average Bonchev–Trinajstić information content (AvgIpc) is 2.64. The van der Waals surface area contributed by atoms with E-state index in [1.807, 2.05) is 0 Å². The van der Waals surface area contributed by atoms with Crippen LogP contribution in [-0.4, -0.2) is 17.0 Å². The molecule has 1 heterocycles. The van der Waals surface area contributed by atoms with E-state index in [1.54, 1.807) is 11.3 Å². The summed E-state index contributed by atoms with van der Waals surface area (Å²) < 4.78 is 0. The molecule has 0 radical (unpaired) electrons. The minimum absolute atomic E-state index is 0.0230. The molecule has 1 fully saturated rings. The van der Waals surface area contributed by atoms with Crippen LogP contribution in [0.2, 0.25) is 0 Å². The molecular formula is C13H19N3O2S. The van der Waals surface area contributed by atoms with E-state index in [-0.39, 0.29) is 11.7 Å².